The van der Waals surface area contributed by atoms with Crippen molar-refractivity contribution in [3.8, 4) is 11.3 Å². The molecule has 0 saturated heterocycles. The van der Waals surface area contributed by atoms with Gasteiger partial charge < -0.3 is 10.1 Å². The Hall–Kier alpha value is -3.70. The number of pyridine rings is 1. The molecule has 0 atom stereocenters. The van der Waals surface area contributed by atoms with Crippen LogP contribution in [-0.4, -0.2) is 23.5 Å². The van der Waals surface area contributed by atoms with Crippen LogP contribution in [0.1, 0.15) is 40.5 Å². The van der Waals surface area contributed by atoms with Gasteiger partial charge in [0, 0.05) is 21.7 Å². The van der Waals surface area contributed by atoms with Gasteiger partial charge in [-0.2, -0.15) is 0 Å². The minimum atomic E-state index is -0.370. The van der Waals surface area contributed by atoms with Crippen LogP contribution in [0.3, 0.4) is 0 Å². The van der Waals surface area contributed by atoms with Crippen molar-refractivity contribution < 1.29 is 14.3 Å². The number of anilines is 1. The van der Waals surface area contributed by atoms with E-state index in [1.807, 2.05) is 49.4 Å². The number of amides is 1. The molecule has 0 saturated carbocycles. The summed E-state index contributed by atoms with van der Waals surface area (Å²) in [5.41, 5.74) is 3.58. The molecule has 1 amide bonds. The first kappa shape index (κ1) is 22.5. The van der Waals surface area contributed by atoms with E-state index in [9.17, 15) is 9.59 Å². The Balaban J connectivity index is 1.60. The molecule has 0 aliphatic carbocycles. The van der Waals surface area contributed by atoms with Gasteiger partial charge in [0.2, 0.25) is 0 Å². The van der Waals surface area contributed by atoms with E-state index < -0.39 is 0 Å². The van der Waals surface area contributed by atoms with E-state index in [1.165, 1.54) is 0 Å². The predicted octanol–water partition coefficient (Wildman–Crippen LogP) is 6.76. The Morgan fingerprint density at radius 2 is 1.70 bits per heavy atom. The lowest BCUT2D eigenvalue weighted by Gasteiger charge is -2.12. The second kappa shape index (κ2) is 10.3. The quantitative estimate of drug-likeness (QED) is 0.245. The molecule has 0 fully saturated rings. The maximum absolute atomic E-state index is 13.2. The lowest BCUT2D eigenvalue weighted by Crippen LogP contribution is -2.13. The first-order valence-corrected chi connectivity index (χ1v) is 11.2. The minimum absolute atomic E-state index is 0.278. The molecule has 4 aromatic rings. The summed E-state index contributed by atoms with van der Waals surface area (Å²) in [4.78, 5) is 30.0. The molecule has 166 valence electrons. The number of carbonyl (C=O) groups is 2. The average Bonchev–Trinajstić information content (AvgIpc) is 2.84. The molecule has 5 nitrogen and oxygen atoms in total. The van der Waals surface area contributed by atoms with Gasteiger partial charge in [-0.3, -0.25) is 4.79 Å². The monoisotopic (exact) mass is 458 g/mol. The molecule has 0 bridgehead atoms. The van der Waals surface area contributed by atoms with Crippen molar-refractivity contribution in [2.75, 3.05) is 11.9 Å². The summed E-state index contributed by atoms with van der Waals surface area (Å²) < 4.78 is 5.23. The van der Waals surface area contributed by atoms with E-state index in [1.54, 1.807) is 36.4 Å². The highest BCUT2D eigenvalue weighted by atomic mass is 35.5. The third kappa shape index (κ3) is 5.21. The Bertz CT molecular complexity index is 1300. The normalized spacial score (nSPS) is 10.7. The molecule has 1 heterocycles. The van der Waals surface area contributed by atoms with Crippen molar-refractivity contribution in [1.29, 1.82) is 0 Å². The highest BCUT2D eigenvalue weighted by Crippen LogP contribution is 2.30. The number of hydrogen-bond acceptors (Lipinski definition) is 4. The SMILES string of the molecule is CCCCOC(=O)c1ccc(NC(=O)c2cc(-c3ccccc3Cl)nc3ccccc23)cc1. The molecule has 1 N–H and O–H groups in total. The van der Waals surface area contributed by atoms with Gasteiger partial charge in [0.15, 0.2) is 0 Å². The number of nitrogens with one attached hydrogen (secondary N) is 1. The van der Waals surface area contributed by atoms with Crippen LogP contribution >= 0.6 is 11.6 Å². The smallest absolute Gasteiger partial charge is 0.338 e. The number of unbranched alkanes of at least 4 members (excludes halogenated alkanes) is 1. The van der Waals surface area contributed by atoms with Gasteiger partial charge in [-0.1, -0.05) is 61.3 Å². The number of aromatic nitrogens is 1. The summed E-state index contributed by atoms with van der Waals surface area (Å²) in [7, 11) is 0. The van der Waals surface area contributed by atoms with Crippen molar-refractivity contribution >= 4 is 40.1 Å². The largest absolute Gasteiger partial charge is 0.462 e. The van der Waals surface area contributed by atoms with E-state index in [0.717, 1.165) is 23.8 Å². The first-order valence-electron chi connectivity index (χ1n) is 10.8. The van der Waals surface area contributed by atoms with Crippen molar-refractivity contribution in [2.45, 2.75) is 19.8 Å². The van der Waals surface area contributed by atoms with E-state index in [-0.39, 0.29) is 11.9 Å². The number of hydrogen-bond donors (Lipinski definition) is 1. The lowest BCUT2D eigenvalue weighted by molar-refractivity contribution is 0.0499. The molecular weight excluding hydrogens is 436 g/mol. The van der Waals surface area contributed by atoms with E-state index in [0.29, 0.717) is 39.7 Å². The number of ether oxygens (including phenoxy) is 1. The standard InChI is InChI=1S/C27H23ClN2O3/c1-2-3-16-33-27(32)18-12-14-19(15-13-18)29-26(31)22-17-25(21-9-4-6-10-23(21)28)30-24-11-7-5-8-20(22)24/h4-15,17H,2-3,16H2,1H3,(H,29,31). The molecule has 0 unspecified atom stereocenters. The van der Waals surface area contributed by atoms with Crippen LogP contribution in [0.4, 0.5) is 5.69 Å². The van der Waals surface area contributed by atoms with Gasteiger partial charge in [-0.15, -0.1) is 0 Å². The Labute approximate surface area is 197 Å². The van der Waals surface area contributed by atoms with Crippen molar-refractivity contribution in [3.63, 3.8) is 0 Å². The van der Waals surface area contributed by atoms with Crippen molar-refractivity contribution in [1.82, 2.24) is 4.98 Å². The average molecular weight is 459 g/mol. The summed E-state index contributed by atoms with van der Waals surface area (Å²) in [5, 5.41) is 4.21. The van der Waals surface area contributed by atoms with Gasteiger partial charge >= 0.3 is 5.97 Å². The van der Waals surface area contributed by atoms with Crippen LogP contribution < -0.4 is 5.32 Å². The fraction of sp³-hybridized carbons (Fsp3) is 0.148. The second-order valence-corrected chi connectivity index (χ2v) is 7.98. The molecule has 0 aliphatic rings. The fourth-order valence-electron chi connectivity index (χ4n) is 3.45. The zero-order chi connectivity index (χ0) is 23.2. The van der Waals surface area contributed by atoms with E-state index >= 15 is 0 Å². The Morgan fingerprint density at radius 1 is 0.970 bits per heavy atom. The molecule has 0 aliphatic heterocycles. The molecule has 33 heavy (non-hydrogen) atoms. The van der Waals surface area contributed by atoms with Crippen LogP contribution in [0.5, 0.6) is 0 Å². The van der Waals surface area contributed by atoms with E-state index in [4.69, 9.17) is 21.3 Å². The fourth-order valence-corrected chi connectivity index (χ4v) is 3.68. The lowest BCUT2D eigenvalue weighted by atomic mass is 10.0. The summed E-state index contributed by atoms with van der Waals surface area (Å²) in [6.07, 6.45) is 1.79. The number of para-hydroxylation sites is 1. The van der Waals surface area contributed by atoms with Crippen LogP contribution in [0, 0.1) is 0 Å². The third-order valence-electron chi connectivity index (χ3n) is 5.22. The number of esters is 1. The van der Waals surface area contributed by atoms with Crippen LogP contribution in [-0.2, 0) is 4.74 Å². The Kier molecular flexibility index (Phi) is 7.01. The van der Waals surface area contributed by atoms with Crippen LogP contribution in [0.2, 0.25) is 5.02 Å². The zero-order valence-corrected chi connectivity index (χ0v) is 18.9. The summed E-state index contributed by atoms with van der Waals surface area (Å²) in [6, 6.07) is 23.3. The summed E-state index contributed by atoms with van der Waals surface area (Å²) >= 11 is 6.37. The molecule has 3 aromatic carbocycles. The third-order valence-corrected chi connectivity index (χ3v) is 5.55. The van der Waals surface area contributed by atoms with Gasteiger partial charge in [0.05, 0.1) is 28.9 Å². The number of benzene rings is 3. The second-order valence-electron chi connectivity index (χ2n) is 7.57. The molecule has 0 radical (unpaired) electrons. The number of rotatable bonds is 7. The minimum Gasteiger partial charge on any atom is -0.462 e. The van der Waals surface area contributed by atoms with E-state index in [2.05, 4.69) is 5.32 Å². The van der Waals surface area contributed by atoms with Crippen molar-refractivity contribution in [2.24, 2.45) is 0 Å². The maximum atomic E-state index is 13.2. The van der Waals surface area contributed by atoms with Gasteiger partial charge in [-0.05, 0) is 48.9 Å². The summed E-state index contributed by atoms with van der Waals surface area (Å²) in [6.45, 7) is 2.44. The molecule has 1 aromatic heterocycles. The number of nitrogens with zero attached hydrogens (tertiary/aromatic N) is 1. The molecule has 6 heteroatoms. The number of carbonyl (C=O) groups excluding carboxylic acids is 2. The highest BCUT2D eigenvalue weighted by Gasteiger charge is 2.16. The maximum Gasteiger partial charge on any atom is 0.338 e. The highest BCUT2D eigenvalue weighted by molar-refractivity contribution is 6.33. The van der Waals surface area contributed by atoms with Crippen LogP contribution in [0.15, 0.2) is 78.9 Å². The topological polar surface area (TPSA) is 68.3 Å². The van der Waals surface area contributed by atoms with Gasteiger partial charge in [0.1, 0.15) is 0 Å². The van der Waals surface area contributed by atoms with Crippen LogP contribution in [0.25, 0.3) is 22.2 Å². The number of fused-ring (bicyclic) bond motifs is 1. The molecule has 4 rings (SSSR count). The Morgan fingerprint density at radius 3 is 2.45 bits per heavy atom. The van der Waals surface area contributed by atoms with Gasteiger partial charge in [-0.25, -0.2) is 9.78 Å². The zero-order valence-electron chi connectivity index (χ0n) is 18.2. The number of halogens is 1. The molecule has 0 spiro atoms. The predicted molar refractivity (Wildman–Crippen MR) is 132 cm³/mol. The summed E-state index contributed by atoms with van der Waals surface area (Å²) in [5.74, 6) is -0.647. The first-order chi connectivity index (χ1) is 16.1. The van der Waals surface area contributed by atoms with Crippen molar-refractivity contribution in [3.05, 3.63) is 95.0 Å². The molecular formula is C27H23ClN2O3. The van der Waals surface area contributed by atoms with Gasteiger partial charge in [0.25, 0.3) is 5.91 Å².